The molecule has 0 aliphatic rings. The summed E-state index contributed by atoms with van der Waals surface area (Å²) in [6.07, 6.45) is 63.6. The predicted molar refractivity (Wildman–Crippen MR) is 256 cm³/mol. The maximum Gasteiger partial charge on any atom is 0.472 e. The van der Waals surface area contributed by atoms with Gasteiger partial charge in [0.05, 0.1) is 13.2 Å². The van der Waals surface area contributed by atoms with Crippen molar-refractivity contribution in [3.63, 3.8) is 0 Å². The van der Waals surface area contributed by atoms with Crippen molar-refractivity contribution in [2.75, 3.05) is 26.4 Å². The Balaban J connectivity index is 4.24. The number of phosphoric acid groups is 1. The summed E-state index contributed by atoms with van der Waals surface area (Å²) in [7, 11) is -4.41. The van der Waals surface area contributed by atoms with Crippen molar-refractivity contribution in [3.8, 4) is 0 Å². The van der Waals surface area contributed by atoms with Gasteiger partial charge in [-0.05, 0) is 96.3 Å². The van der Waals surface area contributed by atoms with Crippen molar-refractivity contribution in [2.24, 2.45) is 5.73 Å². The van der Waals surface area contributed by atoms with Gasteiger partial charge < -0.3 is 20.1 Å². The van der Waals surface area contributed by atoms with Gasteiger partial charge in [0.15, 0.2) is 6.10 Å². The van der Waals surface area contributed by atoms with E-state index in [0.29, 0.717) is 12.8 Å². The molecule has 0 heterocycles. The SMILES string of the molecule is CC/C=C\C/C=C\C/C=C\C/C=C\C/C=C\C/C=C\C/C=C\CCCCCCCC(=O)OC(COC(=O)CC/C=C\C/C=C\C/C=C\C/C=C\CC)COP(=O)(O)OCCN. The van der Waals surface area contributed by atoms with E-state index in [0.717, 1.165) is 103 Å². The van der Waals surface area contributed by atoms with Crippen LogP contribution in [0.4, 0.5) is 0 Å². The number of nitrogens with two attached hydrogens (primary N) is 1. The van der Waals surface area contributed by atoms with Crippen LogP contribution in [0.1, 0.15) is 142 Å². The monoisotopic (exact) mass is 866 g/mol. The van der Waals surface area contributed by atoms with E-state index in [4.69, 9.17) is 24.3 Å². The molecule has 0 aromatic carbocycles. The van der Waals surface area contributed by atoms with E-state index in [1.807, 2.05) is 12.2 Å². The minimum atomic E-state index is -4.41. The van der Waals surface area contributed by atoms with E-state index >= 15 is 0 Å². The number of ether oxygens (including phenoxy) is 2. The summed E-state index contributed by atoms with van der Waals surface area (Å²) in [5.41, 5.74) is 5.34. The predicted octanol–water partition coefficient (Wildman–Crippen LogP) is 13.5. The van der Waals surface area contributed by atoms with Gasteiger partial charge in [0, 0.05) is 19.4 Å². The Morgan fingerprint density at radius 1 is 0.492 bits per heavy atom. The molecule has 0 saturated heterocycles. The van der Waals surface area contributed by atoms with Gasteiger partial charge in [-0.3, -0.25) is 18.6 Å². The van der Waals surface area contributed by atoms with Crippen molar-refractivity contribution < 1.29 is 37.6 Å². The second kappa shape index (κ2) is 45.7. The molecule has 0 spiro atoms. The van der Waals surface area contributed by atoms with Crippen molar-refractivity contribution in [1.82, 2.24) is 0 Å². The Bertz CT molecular complexity index is 1450. The van der Waals surface area contributed by atoms with Crippen LogP contribution in [0.3, 0.4) is 0 Å². The normalized spacial score (nSPS) is 14.5. The van der Waals surface area contributed by atoms with Crippen molar-refractivity contribution in [2.45, 2.75) is 148 Å². The molecule has 61 heavy (non-hydrogen) atoms. The van der Waals surface area contributed by atoms with Gasteiger partial charge >= 0.3 is 19.8 Å². The molecule has 0 rings (SSSR count). The van der Waals surface area contributed by atoms with E-state index in [-0.39, 0.29) is 32.6 Å². The highest BCUT2D eigenvalue weighted by molar-refractivity contribution is 7.47. The number of carbonyl (C=O) groups excluding carboxylic acids is 2. The number of allylic oxidation sites excluding steroid dienone is 22. The number of unbranched alkanes of at least 4 members (excludes halogenated alkanes) is 5. The first kappa shape index (κ1) is 57.1. The number of carbonyl (C=O) groups is 2. The van der Waals surface area contributed by atoms with Crippen LogP contribution in [0.25, 0.3) is 0 Å². The minimum absolute atomic E-state index is 0.0327. The lowest BCUT2D eigenvalue weighted by Crippen LogP contribution is -2.29. The van der Waals surface area contributed by atoms with Crippen LogP contribution in [0.15, 0.2) is 134 Å². The standard InChI is InChI=1S/C51H80NO8P/c1-3-5-7-9-11-13-15-17-18-19-20-21-22-23-24-25-26-27-28-29-30-32-34-36-38-40-42-44-51(54)60-49(48-59-61(55,56)58-46-45-52)47-57-50(53)43-41-39-37-35-33-31-16-14-12-10-8-6-4-2/h5-8,11-14,17-18,20-21,23-24,26-27,29-31,33,37,39,49H,3-4,9-10,15-16,19,22,25,28,32,34-36,38,40-48,52H2,1-2H3,(H,55,56)/b7-5-,8-6-,13-11-,14-12-,18-17-,21-20-,24-23-,27-26-,30-29-,33-31-,39-37-. The summed E-state index contributed by atoms with van der Waals surface area (Å²) in [6.45, 7) is 3.35. The molecule has 0 fully saturated rings. The van der Waals surface area contributed by atoms with Gasteiger partial charge in [0.1, 0.15) is 6.61 Å². The molecule has 3 N–H and O–H groups in total. The fraction of sp³-hybridized carbons (Fsp3) is 0.529. The third kappa shape index (κ3) is 45.5. The number of hydrogen-bond acceptors (Lipinski definition) is 8. The minimum Gasteiger partial charge on any atom is -0.462 e. The van der Waals surface area contributed by atoms with Crippen LogP contribution in [0.2, 0.25) is 0 Å². The summed E-state index contributed by atoms with van der Waals surface area (Å²) in [6, 6.07) is 0. The third-order valence-corrected chi connectivity index (χ3v) is 9.53. The first-order valence-electron chi connectivity index (χ1n) is 22.7. The molecule has 0 aromatic rings. The highest BCUT2D eigenvalue weighted by atomic mass is 31.2. The van der Waals surface area contributed by atoms with Crippen molar-refractivity contribution in [1.29, 1.82) is 0 Å². The quantitative estimate of drug-likeness (QED) is 0.0267. The van der Waals surface area contributed by atoms with E-state index < -0.39 is 32.5 Å². The second-order valence-electron chi connectivity index (χ2n) is 14.1. The molecule has 0 radical (unpaired) electrons. The molecule has 2 unspecified atom stereocenters. The molecule has 0 saturated carbocycles. The van der Waals surface area contributed by atoms with Crippen LogP contribution >= 0.6 is 7.82 Å². The van der Waals surface area contributed by atoms with Gasteiger partial charge in [-0.2, -0.15) is 0 Å². The van der Waals surface area contributed by atoms with Gasteiger partial charge in [-0.15, -0.1) is 0 Å². The molecule has 2 atom stereocenters. The Labute approximate surface area is 370 Å². The van der Waals surface area contributed by atoms with Crippen molar-refractivity contribution in [3.05, 3.63) is 134 Å². The van der Waals surface area contributed by atoms with E-state index in [1.54, 1.807) is 0 Å². The zero-order valence-corrected chi connectivity index (χ0v) is 38.5. The molecule has 0 amide bonds. The number of rotatable bonds is 40. The molecule has 10 heteroatoms. The molecule has 0 aliphatic heterocycles. The third-order valence-electron chi connectivity index (χ3n) is 8.55. The highest BCUT2D eigenvalue weighted by Gasteiger charge is 2.25. The Morgan fingerprint density at radius 2 is 0.885 bits per heavy atom. The lowest BCUT2D eigenvalue weighted by atomic mass is 10.1. The maximum absolute atomic E-state index is 12.6. The first-order chi connectivity index (χ1) is 29.8. The van der Waals surface area contributed by atoms with Crippen LogP contribution in [0.5, 0.6) is 0 Å². The van der Waals surface area contributed by atoms with Gasteiger partial charge in [0.25, 0.3) is 0 Å². The van der Waals surface area contributed by atoms with E-state index in [2.05, 4.69) is 135 Å². The topological polar surface area (TPSA) is 134 Å². The fourth-order valence-electron chi connectivity index (χ4n) is 5.27. The van der Waals surface area contributed by atoms with Crippen LogP contribution in [-0.4, -0.2) is 49.3 Å². The molecule has 0 bridgehead atoms. The van der Waals surface area contributed by atoms with Crippen molar-refractivity contribution >= 4 is 19.8 Å². The number of esters is 2. The Morgan fingerprint density at radius 3 is 1.33 bits per heavy atom. The molecule has 9 nitrogen and oxygen atoms in total. The smallest absolute Gasteiger partial charge is 0.462 e. The van der Waals surface area contributed by atoms with E-state index in [1.165, 1.54) is 0 Å². The maximum atomic E-state index is 12.6. The molecule has 342 valence electrons. The average molecular weight is 866 g/mol. The van der Waals surface area contributed by atoms with Crippen LogP contribution < -0.4 is 5.73 Å². The summed E-state index contributed by atoms with van der Waals surface area (Å²) in [5, 5.41) is 0. The summed E-state index contributed by atoms with van der Waals surface area (Å²) in [4.78, 5) is 34.8. The summed E-state index contributed by atoms with van der Waals surface area (Å²) in [5.74, 6) is -0.962. The van der Waals surface area contributed by atoms with Crippen LogP contribution in [-0.2, 0) is 32.7 Å². The molecular formula is C51H80NO8P. The first-order valence-corrected chi connectivity index (χ1v) is 24.2. The Hall–Kier alpha value is -3.85. The van der Waals surface area contributed by atoms with Crippen LogP contribution in [0, 0.1) is 0 Å². The lowest BCUT2D eigenvalue weighted by Gasteiger charge is -2.19. The lowest BCUT2D eigenvalue weighted by molar-refractivity contribution is -0.161. The summed E-state index contributed by atoms with van der Waals surface area (Å²) < 4.78 is 32.7. The second-order valence-corrected chi connectivity index (χ2v) is 15.6. The molecule has 0 aromatic heterocycles. The largest absolute Gasteiger partial charge is 0.472 e. The zero-order valence-electron chi connectivity index (χ0n) is 37.6. The van der Waals surface area contributed by atoms with Gasteiger partial charge in [0.2, 0.25) is 0 Å². The van der Waals surface area contributed by atoms with Gasteiger partial charge in [-0.1, -0.05) is 167 Å². The molecule has 0 aliphatic carbocycles. The highest BCUT2D eigenvalue weighted by Crippen LogP contribution is 2.43. The van der Waals surface area contributed by atoms with E-state index in [9.17, 15) is 19.0 Å². The summed E-state index contributed by atoms with van der Waals surface area (Å²) >= 11 is 0. The van der Waals surface area contributed by atoms with Gasteiger partial charge in [-0.25, -0.2) is 4.57 Å². The zero-order chi connectivity index (χ0) is 44.6. The fourth-order valence-corrected chi connectivity index (χ4v) is 6.04. The number of phosphoric ester groups is 1. The molecular weight excluding hydrogens is 786 g/mol. The number of hydrogen-bond donors (Lipinski definition) is 2. The Kier molecular flexibility index (Phi) is 42.8. The average Bonchev–Trinajstić information content (AvgIpc) is 3.25.